The largest absolute Gasteiger partial charge is 0.355 e. The van der Waals surface area contributed by atoms with Crippen molar-refractivity contribution in [2.24, 2.45) is 0 Å². The number of rotatable bonds is 10. The average molecular weight is 1950 g/mol. The highest BCUT2D eigenvalue weighted by Crippen LogP contribution is 2.56. The van der Waals surface area contributed by atoms with E-state index in [0.717, 1.165) is 21.4 Å². The second-order valence-corrected chi connectivity index (χ2v) is 48.0. The predicted molar refractivity (Wildman–Crippen MR) is 537 cm³/mol. The molecule has 0 bridgehead atoms. The summed E-state index contributed by atoms with van der Waals surface area (Å²) in [5, 5.41) is -0.978. The van der Waals surface area contributed by atoms with Crippen LogP contribution in [0.4, 0.5) is 68.2 Å². The van der Waals surface area contributed by atoms with Crippen molar-refractivity contribution in [3.05, 3.63) is 315 Å². The third-order valence-electron chi connectivity index (χ3n) is 21.7. The quantitative estimate of drug-likeness (QED) is 0.0999. The van der Waals surface area contributed by atoms with Crippen molar-refractivity contribution in [2.45, 2.75) is 181 Å². The summed E-state index contributed by atoms with van der Waals surface area (Å²) >= 11 is 15.7. The monoisotopic (exact) mass is 1950 g/mol. The zero-order chi connectivity index (χ0) is 117. The van der Waals surface area contributed by atoms with Crippen LogP contribution in [0.1, 0.15) is 237 Å². The molecule has 0 unspecified atom stereocenters. The number of nitrogens with zero attached hydrogens (tertiary/aromatic N) is 4. The lowest BCUT2D eigenvalue weighted by molar-refractivity contribution is 0.332. The van der Waals surface area contributed by atoms with Gasteiger partial charge in [-0.05, 0) is 233 Å². The summed E-state index contributed by atoms with van der Waals surface area (Å²) in [6.07, 6.45) is 2.27. The molecule has 0 radical (unpaired) electrons. The molecule has 0 saturated carbocycles. The summed E-state index contributed by atoms with van der Waals surface area (Å²) in [6, 6.07) is -16.2. The van der Waals surface area contributed by atoms with Gasteiger partial charge in [0.25, 0.3) is 6.71 Å². The topological polar surface area (TPSA) is 13.0 Å². The number of halogens is 4. The van der Waals surface area contributed by atoms with E-state index >= 15 is 0 Å². The van der Waals surface area contributed by atoms with E-state index in [0.29, 0.717) is 59.3 Å². The molecule has 2 aromatic heterocycles. The Labute approximate surface area is 800 Å². The molecular formula is C104H104B2ClI3N4S2. The van der Waals surface area contributed by atoms with Crippen LogP contribution < -0.4 is 35.3 Å². The molecule has 0 atom stereocenters. The lowest BCUT2D eigenvalue weighted by Gasteiger charge is -2.47. The molecule has 0 saturated heterocycles. The van der Waals surface area contributed by atoms with Crippen molar-refractivity contribution in [1.29, 1.82) is 0 Å². The van der Waals surface area contributed by atoms with Crippen molar-refractivity contribution in [3.8, 4) is 22.3 Å². The number of thiophene rings is 2. The minimum atomic E-state index is -1.19. The zero-order valence-electron chi connectivity index (χ0n) is 107. The fourth-order valence-corrected chi connectivity index (χ4v) is 17.4. The molecule has 4 heterocycles. The second kappa shape index (κ2) is 31.5. The molecule has 4 nitrogen and oxygen atoms in total. The lowest BCUT2D eigenvalue weighted by Crippen LogP contribution is -2.61. The van der Waals surface area contributed by atoms with Gasteiger partial charge in [-0.15, -0.1) is 89.8 Å². The number of hydrogen-bond donors (Lipinski definition) is 0. The molecule has 14 aromatic rings. The zero-order valence-corrected chi connectivity index (χ0v) is 75.8. The van der Waals surface area contributed by atoms with Crippen LogP contribution in [0, 0.1) is 0 Å². The van der Waals surface area contributed by atoms with Gasteiger partial charge in [-0.1, -0.05) is 286 Å². The molecular weight excluding hydrogens is 1810 g/mol. The van der Waals surface area contributed by atoms with Crippen LogP contribution in [0.2, 0.25) is 5.02 Å². The van der Waals surface area contributed by atoms with Crippen LogP contribution in [-0.4, -0.2) is 6.99 Å². The van der Waals surface area contributed by atoms with Gasteiger partial charge < -0.3 is 19.6 Å². The Hall–Kier alpha value is -7.63. The Balaban J connectivity index is 0.000000213. The Morgan fingerprint density at radius 2 is 0.897 bits per heavy atom. The molecule has 12 heteroatoms. The van der Waals surface area contributed by atoms with Crippen LogP contribution in [0.15, 0.2) is 271 Å². The van der Waals surface area contributed by atoms with E-state index in [-0.39, 0.29) is 157 Å². The molecule has 2 aliphatic carbocycles. The molecule has 12 aromatic carbocycles. The van der Waals surface area contributed by atoms with Crippen molar-refractivity contribution < 1.29 is 54.8 Å². The first-order valence-corrected chi connectivity index (χ1v) is 43.5. The van der Waals surface area contributed by atoms with Gasteiger partial charge in [0, 0.05) is 92.0 Å². The van der Waals surface area contributed by atoms with Gasteiger partial charge in [0.05, 0.1) is 77.6 Å². The normalized spacial score (nSPS) is 20.2. The van der Waals surface area contributed by atoms with E-state index in [1.54, 1.807) is 62.3 Å². The van der Waals surface area contributed by atoms with E-state index in [1.165, 1.54) is 40.1 Å². The van der Waals surface area contributed by atoms with E-state index in [4.69, 9.17) is 32.2 Å². The first-order chi connectivity index (χ1) is 71.7. The highest BCUT2D eigenvalue weighted by atomic mass is 127. The fourth-order valence-electron chi connectivity index (χ4n) is 15.2. The second-order valence-electron chi connectivity index (χ2n) is 34.8. The lowest BCUT2D eigenvalue weighted by atomic mass is 9.35. The van der Waals surface area contributed by atoms with Gasteiger partial charge in [-0.25, -0.2) is 0 Å². The Bertz CT molecular complexity index is 8470. The van der Waals surface area contributed by atoms with Crippen molar-refractivity contribution in [3.63, 3.8) is 0 Å². The molecule has 116 heavy (non-hydrogen) atoms. The minimum Gasteiger partial charge on any atom is -0.311 e. The summed E-state index contributed by atoms with van der Waals surface area (Å²) in [4.78, 5) is 4.91. The smallest absolute Gasteiger partial charge is 0.311 e. The van der Waals surface area contributed by atoms with E-state index < -0.39 is 277 Å². The summed E-state index contributed by atoms with van der Waals surface area (Å²) in [7, 11) is 0. The summed E-state index contributed by atoms with van der Waals surface area (Å²) < 4.78 is 375. The number of hydrogen-bond acceptors (Lipinski definition) is 6. The molecule has 0 fully saturated rings. The third-order valence-corrected chi connectivity index (χ3v) is 23.8. The van der Waals surface area contributed by atoms with Gasteiger partial charge in [0.2, 0.25) is 0 Å². The van der Waals surface area contributed by atoms with Crippen LogP contribution in [0.3, 0.4) is 0 Å². The van der Waals surface area contributed by atoms with Gasteiger partial charge >= 0.3 is 0.282 Å². The third kappa shape index (κ3) is 15.7. The van der Waals surface area contributed by atoms with E-state index in [2.05, 4.69) is 67.1 Å². The van der Waals surface area contributed by atoms with Crippen LogP contribution in [-0.2, 0) is 37.9 Å². The first kappa shape index (κ1) is 46.8. The van der Waals surface area contributed by atoms with Gasteiger partial charge in [-0.3, -0.25) is 0 Å². The summed E-state index contributed by atoms with van der Waals surface area (Å²) in [5.74, 6) is 0. The molecule has 0 amide bonds. The maximum atomic E-state index is 10.7. The standard InChI is InChI=1S/C54H55BN2S.C50H49ClN2S.BI3/c1-51(2,3)35-23-26-37(27-24-35)56-44-20-16-21-45-48(44)55(50-49(56)38-19-14-15-22-47(38)58-50)42-32-40-41(54(9,10)30-29-53(40,7)8)33-46(42)57(45)43-28-25-36(52(4,5)6)31-39(43)34-17-12-11-13-18-34;1-48(2,3)35-22-25-45(42(28-35)34-16-10-8-11-17-34)53(38-23-24-43-44(32-38)50(6,7)27-26-49(43,4)5)40-30-36(51)29-39(31-40)52(37-18-12-9-13-19-37)46-33-54-47-21-15-14-20-41(46)47;2-1(3)4/h11-28,31-33H,29-30H2,1-10H3;8-25,28-33H,26-27H2,1-7H3;/i11D,12D,13D,14D,15D,16D,17D,18D,19D,22D,23D,24D,25D,26D,27D,28D,31D,32D,33D;8D,9D,10D,11D,12D,13D,14D,15D,16D,17D,18D,19D,20D,21D,22D,23D,24D,25D,28D,32D,33D;. The maximum Gasteiger partial charge on any atom is 0.355 e. The van der Waals surface area contributed by atoms with Crippen molar-refractivity contribution in [2.75, 3.05) is 19.6 Å². The predicted octanol–water partition coefficient (Wildman–Crippen LogP) is 31.7. The van der Waals surface area contributed by atoms with Gasteiger partial charge in [0.1, 0.15) is 0 Å². The molecule has 2 aliphatic heterocycles. The van der Waals surface area contributed by atoms with Gasteiger partial charge in [-0.2, -0.15) is 0 Å². The maximum absolute atomic E-state index is 10.7. The molecule has 4 aliphatic rings. The highest BCUT2D eigenvalue weighted by Gasteiger charge is 2.49. The number of fused-ring (bicyclic) bond motifs is 9. The van der Waals surface area contributed by atoms with Crippen molar-refractivity contribution >= 4 is 213 Å². The molecule has 0 spiro atoms. The molecule has 18 rings (SSSR count). The average Bonchev–Trinajstić information content (AvgIpc) is 1.31. The van der Waals surface area contributed by atoms with Crippen LogP contribution >= 0.6 is 101 Å². The highest BCUT2D eigenvalue weighted by molar-refractivity contribution is 14.4. The van der Waals surface area contributed by atoms with Crippen molar-refractivity contribution in [1.82, 2.24) is 0 Å². The Morgan fingerprint density at radius 3 is 1.48 bits per heavy atom. The SMILES string of the molecule is IB(I)I.[2H]c1cc2c3c(c1)N(c1c([2H])c([2H])c(C(C)(C)C)c([2H])c1[2H])c1c(sc4c([2H])c([2H])c([2H])c([2H])c14)B3c1c([2H])c3c(c([2H])c1N2c1c([2H])c([2H])c(C(C)(C)C)c([2H])c1-c1c([2H])c([2H])c([2H])c([2H])c1[2H])C(C)(C)CCC3(C)C.[2H]c1sc2c([2H])c([2H])c([2H])c([2H])c2c1N(c1cc(Cl)cc(N(c2c([2H])c([2H])c3c(c2[2H])C(C)(C)CCC3(C)C)c2c([2H])c([2H])c(C(C)(C)C)c([2H])c2-c2c([2H])c([2H])c([2H])c([2H])c2[2H])c1)c1c([2H])c([2H])c([2H])c([2H])c1[2H]. The Morgan fingerprint density at radius 1 is 0.422 bits per heavy atom. The van der Waals surface area contributed by atoms with Crippen LogP contribution in [0.25, 0.3) is 42.4 Å². The summed E-state index contributed by atoms with van der Waals surface area (Å²) in [6.45, 7) is 29.7. The number of benzene rings is 12. The van der Waals surface area contributed by atoms with E-state index in [1.807, 2.05) is 55.4 Å². The molecule has 586 valence electrons. The fraction of sp³-hybridized carbons (Fsp3) is 0.269. The Kier molecular flexibility index (Phi) is 12.7. The number of para-hydroxylation sites is 1. The van der Waals surface area contributed by atoms with Gasteiger partial charge in [0.15, 0.2) is 0 Å². The van der Waals surface area contributed by atoms with E-state index in [9.17, 15) is 34.3 Å². The minimum absolute atomic E-state index is 0.0168. The molecule has 0 N–H and O–H groups in total. The summed E-state index contributed by atoms with van der Waals surface area (Å²) in [5.41, 5.74) is -8.90. The first-order valence-electron chi connectivity index (χ1n) is 57.8. The number of anilines is 12. The van der Waals surface area contributed by atoms with Crippen LogP contribution in [0.5, 0.6) is 0 Å².